The highest BCUT2D eigenvalue weighted by Gasteiger charge is 2.41. The number of hydrogen-bond donors (Lipinski definition) is 2. The van der Waals surface area contributed by atoms with Crippen molar-refractivity contribution in [2.75, 3.05) is 26.0 Å². The molecule has 0 amide bonds. The maximum absolute atomic E-state index is 11.7. The van der Waals surface area contributed by atoms with Crippen LogP contribution in [0.3, 0.4) is 0 Å². The first-order valence-electron chi connectivity index (χ1n) is 5.88. The van der Waals surface area contributed by atoms with Gasteiger partial charge in [0.1, 0.15) is 0 Å². The van der Waals surface area contributed by atoms with E-state index in [0.29, 0.717) is 19.1 Å². The van der Waals surface area contributed by atoms with E-state index in [1.165, 1.54) is 12.8 Å². The maximum Gasteiger partial charge on any atom is 0.213 e. The first-order chi connectivity index (χ1) is 7.62. The SMILES string of the molecule is CNCCS(=O)(=O)NC1CCOC1C1CC1. The Balaban J connectivity index is 1.87. The molecule has 94 valence electrons. The lowest BCUT2D eigenvalue weighted by atomic mass is 10.1. The molecular formula is C10H20N2O3S. The average Bonchev–Trinajstić information content (AvgIpc) is 2.98. The number of hydrogen-bond acceptors (Lipinski definition) is 4. The minimum atomic E-state index is -3.16. The molecule has 1 aliphatic carbocycles. The van der Waals surface area contributed by atoms with E-state index >= 15 is 0 Å². The topological polar surface area (TPSA) is 67.4 Å². The highest BCUT2D eigenvalue weighted by molar-refractivity contribution is 7.89. The van der Waals surface area contributed by atoms with Gasteiger partial charge in [-0.25, -0.2) is 13.1 Å². The molecule has 2 N–H and O–H groups in total. The van der Waals surface area contributed by atoms with Crippen molar-refractivity contribution in [3.63, 3.8) is 0 Å². The maximum atomic E-state index is 11.7. The van der Waals surface area contributed by atoms with Crippen molar-refractivity contribution >= 4 is 10.0 Å². The minimum Gasteiger partial charge on any atom is -0.376 e. The van der Waals surface area contributed by atoms with Crippen LogP contribution in [0.1, 0.15) is 19.3 Å². The third kappa shape index (κ3) is 3.16. The molecule has 0 aromatic rings. The second kappa shape index (κ2) is 5.00. The van der Waals surface area contributed by atoms with Crippen LogP contribution in [-0.4, -0.2) is 46.5 Å². The van der Waals surface area contributed by atoms with Crippen LogP contribution in [0.5, 0.6) is 0 Å². The summed E-state index contributed by atoms with van der Waals surface area (Å²) in [4.78, 5) is 0. The smallest absolute Gasteiger partial charge is 0.213 e. The van der Waals surface area contributed by atoms with Crippen molar-refractivity contribution in [1.82, 2.24) is 10.0 Å². The molecule has 2 aliphatic rings. The Morgan fingerprint density at radius 3 is 2.69 bits per heavy atom. The van der Waals surface area contributed by atoms with Crippen molar-refractivity contribution in [2.24, 2.45) is 5.92 Å². The Kier molecular flexibility index (Phi) is 3.84. The Morgan fingerprint density at radius 1 is 1.31 bits per heavy atom. The molecule has 1 saturated carbocycles. The van der Waals surface area contributed by atoms with Crippen LogP contribution in [0.4, 0.5) is 0 Å². The lowest BCUT2D eigenvalue weighted by molar-refractivity contribution is 0.0848. The molecule has 0 aromatic carbocycles. The minimum absolute atomic E-state index is 0.00523. The molecule has 1 aliphatic heterocycles. The zero-order valence-electron chi connectivity index (χ0n) is 9.61. The molecule has 1 heterocycles. The van der Waals surface area contributed by atoms with Gasteiger partial charge in [0, 0.05) is 13.2 Å². The highest BCUT2D eigenvalue weighted by Crippen LogP contribution is 2.38. The number of ether oxygens (including phenoxy) is 1. The summed E-state index contributed by atoms with van der Waals surface area (Å²) in [5.74, 6) is 0.719. The Morgan fingerprint density at radius 2 is 2.06 bits per heavy atom. The lowest BCUT2D eigenvalue weighted by Gasteiger charge is -2.19. The van der Waals surface area contributed by atoms with E-state index < -0.39 is 10.0 Å². The second-order valence-corrected chi connectivity index (χ2v) is 6.48. The van der Waals surface area contributed by atoms with Gasteiger partial charge in [0.25, 0.3) is 0 Å². The fourth-order valence-corrected chi connectivity index (χ4v) is 3.46. The molecule has 2 rings (SSSR count). The van der Waals surface area contributed by atoms with Gasteiger partial charge in [0.2, 0.25) is 10.0 Å². The molecule has 0 spiro atoms. The number of rotatable bonds is 6. The van der Waals surface area contributed by atoms with Crippen LogP contribution in [0.15, 0.2) is 0 Å². The molecule has 2 atom stereocenters. The zero-order chi connectivity index (χ0) is 11.6. The average molecular weight is 248 g/mol. The summed E-state index contributed by atoms with van der Waals surface area (Å²) >= 11 is 0. The van der Waals surface area contributed by atoms with Gasteiger partial charge in [-0.15, -0.1) is 0 Å². The monoisotopic (exact) mass is 248 g/mol. The van der Waals surface area contributed by atoms with E-state index in [-0.39, 0.29) is 17.9 Å². The summed E-state index contributed by atoms with van der Waals surface area (Å²) in [7, 11) is -1.41. The quantitative estimate of drug-likeness (QED) is 0.677. The van der Waals surface area contributed by atoms with Gasteiger partial charge in [-0.1, -0.05) is 0 Å². The molecule has 0 radical (unpaired) electrons. The standard InChI is InChI=1S/C10H20N2O3S/c1-11-5-7-16(13,14)12-9-4-6-15-10(9)8-2-3-8/h8-12H,2-7H2,1H3. The van der Waals surface area contributed by atoms with Crippen molar-refractivity contribution < 1.29 is 13.2 Å². The largest absolute Gasteiger partial charge is 0.376 e. The van der Waals surface area contributed by atoms with E-state index in [1.54, 1.807) is 7.05 Å². The van der Waals surface area contributed by atoms with Gasteiger partial charge < -0.3 is 10.1 Å². The predicted octanol–water partition coefficient (Wildman–Crippen LogP) is -0.307. The molecular weight excluding hydrogens is 228 g/mol. The van der Waals surface area contributed by atoms with Crippen LogP contribution in [0, 0.1) is 5.92 Å². The van der Waals surface area contributed by atoms with E-state index in [0.717, 1.165) is 6.42 Å². The molecule has 0 aromatic heterocycles. The summed E-state index contributed by atoms with van der Waals surface area (Å²) in [5.41, 5.74) is 0. The van der Waals surface area contributed by atoms with Gasteiger partial charge in [0.15, 0.2) is 0 Å². The van der Waals surface area contributed by atoms with Gasteiger partial charge in [-0.3, -0.25) is 0 Å². The van der Waals surface area contributed by atoms with Crippen molar-refractivity contribution in [2.45, 2.75) is 31.4 Å². The van der Waals surface area contributed by atoms with Crippen LogP contribution in [0.2, 0.25) is 0 Å². The van der Waals surface area contributed by atoms with Crippen LogP contribution in [0.25, 0.3) is 0 Å². The van der Waals surface area contributed by atoms with Gasteiger partial charge >= 0.3 is 0 Å². The Bertz CT molecular complexity index is 327. The van der Waals surface area contributed by atoms with Gasteiger partial charge in [-0.05, 0) is 32.2 Å². The zero-order valence-corrected chi connectivity index (χ0v) is 10.4. The van der Waals surface area contributed by atoms with Crippen molar-refractivity contribution in [3.8, 4) is 0 Å². The fourth-order valence-electron chi connectivity index (χ4n) is 2.15. The lowest BCUT2D eigenvalue weighted by Crippen LogP contribution is -2.43. The van der Waals surface area contributed by atoms with Crippen molar-refractivity contribution in [1.29, 1.82) is 0 Å². The normalized spacial score (nSPS) is 30.8. The third-order valence-electron chi connectivity index (χ3n) is 3.17. The molecule has 6 heteroatoms. The number of nitrogens with one attached hydrogen (secondary N) is 2. The first-order valence-corrected chi connectivity index (χ1v) is 7.54. The summed E-state index contributed by atoms with van der Waals surface area (Å²) in [6.07, 6.45) is 3.28. The van der Waals surface area contributed by atoms with Gasteiger partial charge in [-0.2, -0.15) is 0 Å². The molecule has 2 fully saturated rings. The van der Waals surface area contributed by atoms with Crippen LogP contribution >= 0.6 is 0 Å². The van der Waals surface area contributed by atoms with E-state index in [4.69, 9.17) is 4.74 Å². The second-order valence-electron chi connectivity index (χ2n) is 4.61. The Labute approximate surface area is 97.0 Å². The molecule has 1 saturated heterocycles. The van der Waals surface area contributed by atoms with E-state index in [9.17, 15) is 8.42 Å². The highest BCUT2D eigenvalue weighted by atomic mass is 32.2. The summed E-state index contributed by atoms with van der Waals surface area (Å²) in [5, 5.41) is 2.84. The first kappa shape index (κ1) is 12.3. The third-order valence-corrected chi connectivity index (χ3v) is 4.58. The predicted molar refractivity (Wildman–Crippen MR) is 61.7 cm³/mol. The Hall–Kier alpha value is -0.170. The fraction of sp³-hybridized carbons (Fsp3) is 1.00. The molecule has 0 bridgehead atoms. The molecule has 5 nitrogen and oxygen atoms in total. The van der Waals surface area contributed by atoms with E-state index in [1.807, 2.05) is 0 Å². The molecule has 16 heavy (non-hydrogen) atoms. The van der Waals surface area contributed by atoms with Crippen molar-refractivity contribution in [3.05, 3.63) is 0 Å². The van der Waals surface area contributed by atoms with Crippen LogP contribution in [-0.2, 0) is 14.8 Å². The summed E-state index contributed by atoms with van der Waals surface area (Å²) in [6.45, 7) is 1.16. The van der Waals surface area contributed by atoms with E-state index in [2.05, 4.69) is 10.0 Å². The van der Waals surface area contributed by atoms with Gasteiger partial charge in [0.05, 0.1) is 17.9 Å². The number of sulfonamides is 1. The van der Waals surface area contributed by atoms with Crippen LogP contribution < -0.4 is 10.0 Å². The summed E-state index contributed by atoms with van der Waals surface area (Å²) < 4.78 is 31.8. The summed E-state index contributed by atoms with van der Waals surface area (Å²) in [6, 6.07) is -0.00523. The molecule has 2 unspecified atom stereocenters.